The summed E-state index contributed by atoms with van der Waals surface area (Å²) >= 11 is 0. The number of benzene rings is 2. The Hall–Kier alpha value is -2.37. The number of hydrogen-bond donors (Lipinski definition) is 2. The predicted octanol–water partition coefficient (Wildman–Crippen LogP) is 2.81. The van der Waals surface area contributed by atoms with E-state index in [0.717, 1.165) is 29.1 Å². The van der Waals surface area contributed by atoms with Gasteiger partial charge in [-0.2, -0.15) is 0 Å². The molecule has 2 aromatic carbocycles. The standard InChI is InChI=1S/C20H24N2O3/c1-14-4-3-5-16(10-14)13-25-17-6-7-18(15(2)11-17)22-20(23)19-12-21-8-9-24-19/h3-7,10-11,19,21H,8-9,12-13H2,1-2H3,(H,22,23)/t19-/m0/s1. The molecule has 132 valence electrons. The Bertz CT molecular complexity index is 739. The van der Waals surface area contributed by atoms with Crippen LogP contribution in [0, 0.1) is 13.8 Å². The van der Waals surface area contributed by atoms with Crippen LogP contribution < -0.4 is 15.4 Å². The molecule has 0 bridgehead atoms. The number of rotatable bonds is 5. The van der Waals surface area contributed by atoms with E-state index < -0.39 is 6.10 Å². The Kier molecular flexibility index (Phi) is 5.68. The molecule has 1 aliphatic rings. The van der Waals surface area contributed by atoms with Crippen molar-refractivity contribution in [1.82, 2.24) is 5.32 Å². The molecule has 0 saturated carbocycles. The van der Waals surface area contributed by atoms with Crippen molar-refractivity contribution in [3.05, 3.63) is 59.2 Å². The van der Waals surface area contributed by atoms with Crippen molar-refractivity contribution in [1.29, 1.82) is 0 Å². The Morgan fingerprint density at radius 1 is 1.28 bits per heavy atom. The molecule has 1 aliphatic heterocycles. The molecule has 1 fully saturated rings. The maximum Gasteiger partial charge on any atom is 0.254 e. The van der Waals surface area contributed by atoms with Crippen LogP contribution in [-0.2, 0) is 16.1 Å². The lowest BCUT2D eigenvalue weighted by atomic mass is 10.1. The highest BCUT2D eigenvalue weighted by atomic mass is 16.5. The van der Waals surface area contributed by atoms with Gasteiger partial charge in [0, 0.05) is 18.8 Å². The molecule has 2 aromatic rings. The molecule has 1 saturated heterocycles. The number of nitrogens with one attached hydrogen (secondary N) is 2. The number of anilines is 1. The molecule has 2 N–H and O–H groups in total. The molecule has 0 aliphatic carbocycles. The normalized spacial score (nSPS) is 17.1. The summed E-state index contributed by atoms with van der Waals surface area (Å²) in [4.78, 5) is 12.2. The lowest BCUT2D eigenvalue weighted by molar-refractivity contribution is -0.128. The predicted molar refractivity (Wildman–Crippen MR) is 97.9 cm³/mol. The summed E-state index contributed by atoms with van der Waals surface area (Å²) < 4.78 is 11.3. The van der Waals surface area contributed by atoms with E-state index in [9.17, 15) is 4.79 Å². The van der Waals surface area contributed by atoms with E-state index in [1.54, 1.807) is 0 Å². The van der Waals surface area contributed by atoms with E-state index in [2.05, 4.69) is 29.7 Å². The summed E-state index contributed by atoms with van der Waals surface area (Å²) in [6.45, 7) is 6.43. The maximum absolute atomic E-state index is 12.2. The van der Waals surface area contributed by atoms with Gasteiger partial charge in [0.2, 0.25) is 0 Å². The van der Waals surface area contributed by atoms with Crippen LogP contribution in [-0.4, -0.2) is 31.7 Å². The first-order chi connectivity index (χ1) is 12.1. The molecule has 5 heteroatoms. The van der Waals surface area contributed by atoms with Crippen molar-refractivity contribution in [3.63, 3.8) is 0 Å². The second-order valence-electron chi connectivity index (χ2n) is 6.31. The van der Waals surface area contributed by atoms with Crippen LogP contribution in [0.5, 0.6) is 5.75 Å². The highest BCUT2D eigenvalue weighted by molar-refractivity contribution is 5.95. The Labute approximate surface area is 148 Å². The fourth-order valence-corrected chi connectivity index (χ4v) is 2.78. The third-order valence-electron chi connectivity index (χ3n) is 4.16. The van der Waals surface area contributed by atoms with Crippen molar-refractivity contribution in [2.75, 3.05) is 25.0 Å². The molecule has 25 heavy (non-hydrogen) atoms. The quantitative estimate of drug-likeness (QED) is 0.879. The smallest absolute Gasteiger partial charge is 0.254 e. The zero-order valence-corrected chi connectivity index (χ0v) is 14.7. The first-order valence-corrected chi connectivity index (χ1v) is 8.54. The van der Waals surface area contributed by atoms with E-state index in [4.69, 9.17) is 9.47 Å². The summed E-state index contributed by atoms with van der Waals surface area (Å²) in [5, 5.41) is 6.08. The second kappa shape index (κ2) is 8.14. The van der Waals surface area contributed by atoms with Crippen molar-refractivity contribution >= 4 is 11.6 Å². The number of aryl methyl sites for hydroxylation is 2. The van der Waals surface area contributed by atoms with Gasteiger partial charge in [-0.25, -0.2) is 0 Å². The minimum absolute atomic E-state index is 0.122. The lowest BCUT2D eigenvalue weighted by Crippen LogP contribution is -2.45. The molecule has 1 atom stereocenters. The number of hydrogen-bond acceptors (Lipinski definition) is 4. The van der Waals surface area contributed by atoms with Crippen molar-refractivity contribution in [2.24, 2.45) is 0 Å². The number of carbonyl (C=O) groups excluding carboxylic acids is 1. The monoisotopic (exact) mass is 340 g/mol. The number of ether oxygens (including phenoxy) is 2. The van der Waals surface area contributed by atoms with Crippen LogP contribution in [0.2, 0.25) is 0 Å². The van der Waals surface area contributed by atoms with Gasteiger partial charge >= 0.3 is 0 Å². The molecule has 0 spiro atoms. The van der Waals surface area contributed by atoms with E-state index in [0.29, 0.717) is 19.8 Å². The Morgan fingerprint density at radius 2 is 2.16 bits per heavy atom. The van der Waals surface area contributed by atoms with Crippen molar-refractivity contribution in [2.45, 2.75) is 26.6 Å². The third kappa shape index (κ3) is 4.81. The fraction of sp³-hybridized carbons (Fsp3) is 0.350. The second-order valence-corrected chi connectivity index (χ2v) is 6.31. The third-order valence-corrected chi connectivity index (χ3v) is 4.16. The summed E-state index contributed by atoms with van der Waals surface area (Å²) in [6, 6.07) is 13.9. The van der Waals surface area contributed by atoms with Crippen molar-refractivity contribution in [3.8, 4) is 5.75 Å². The summed E-state index contributed by atoms with van der Waals surface area (Å²) in [5.41, 5.74) is 4.09. The van der Waals surface area contributed by atoms with Gasteiger partial charge in [0.1, 0.15) is 18.5 Å². The molecule has 3 rings (SSSR count). The van der Waals surface area contributed by atoms with Crippen LogP contribution in [0.25, 0.3) is 0 Å². The summed E-state index contributed by atoms with van der Waals surface area (Å²) in [5.74, 6) is 0.663. The Balaban J connectivity index is 1.59. The molecular weight excluding hydrogens is 316 g/mol. The summed E-state index contributed by atoms with van der Waals surface area (Å²) in [7, 11) is 0. The number of amides is 1. The van der Waals surface area contributed by atoms with Crippen LogP contribution in [0.3, 0.4) is 0 Å². The SMILES string of the molecule is Cc1cccc(COc2ccc(NC(=O)[C@@H]3CNCCO3)c(C)c2)c1. The maximum atomic E-state index is 12.2. The molecule has 1 amide bonds. The lowest BCUT2D eigenvalue weighted by Gasteiger charge is -2.23. The van der Waals surface area contributed by atoms with Gasteiger partial charge in [-0.3, -0.25) is 4.79 Å². The van der Waals surface area contributed by atoms with Crippen LogP contribution >= 0.6 is 0 Å². The van der Waals surface area contributed by atoms with Gasteiger partial charge < -0.3 is 20.1 Å². The fourth-order valence-electron chi connectivity index (χ4n) is 2.78. The van der Waals surface area contributed by atoms with E-state index in [-0.39, 0.29) is 5.91 Å². The van der Waals surface area contributed by atoms with E-state index >= 15 is 0 Å². The minimum atomic E-state index is -0.439. The number of morpholine rings is 1. The Morgan fingerprint density at radius 3 is 2.88 bits per heavy atom. The topological polar surface area (TPSA) is 59.6 Å². The molecule has 5 nitrogen and oxygen atoms in total. The van der Waals surface area contributed by atoms with E-state index in [1.807, 2.05) is 37.3 Å². The van der Waals surface area contributed by atoms with E-state index in [1.165, 1.54) is 5.56 Å². The minimum Gasteiger partial charge on any atom is -0.489 e. The van der Waals surface area contributed by atoms with Gasteiger partial charge in [0.25, 0.3) is 5.91 Å². The summed E-state index contributed by atoms with van der Waals surface area (Å²) in [6.07, 6.45) is -0.439. The average molecular weight is 340 g/mol. The highest BCUT2D eigenvalue weighted by Crippen LogP contribution is 2.22. The van der Waals surface area contributed by atoms with Gasteiger partial charge in [0.15, 0.2) is 0 Å². The average Bonchev–Trinajstić information content (AvgIpc) is 2.63. The van der Waals surface area contributed by atoms with Gasteiger partial charge in [-0.15, -0.1) is 0 Å². The van der Waals surface area contributed by atoms with Gasteiger partial charge in [-0.1, -0.05) is 29.8 Å². The number of carbonyl (C=O) groups is 1. The molecule has 0 radical (unpaired) electrons. The largest absolute Gasteiger partial charge is 0.489 e. The first kappa shape index (κ1) is 17.5. The highest BCUT2D eigenvalue weighted by Gasteiger charge is 2.22. The molecule has 0 aromatic heterocycles. The van der Waals surface area contributed by atoms with Crippen LogP contribution in [0.1, 0.15) is 16.7 Å². The molecular formula is C20H24N2O3. The zero-order valence-electron chi connectivity index (χ0n) is 14.7. The molecule has 0 unspecified atom stereocenters. The van der Waals surface area contributed by atoms with Gasteiger partial charge in [0.05, 0.1) is 6.61 Å². The van der Waals surface area contributed by atoms with Gasteiger partial charge in [-0.05, 0) is 43.2 Å². The molecule has 1 heterocycles. The van der Waals surface area contributed by atoms with Crippen LogP contribution in [0.15, 0.2) is 42.5 Å². The zero-order chi connectivity index (χ0) is 17.6. The van der Waals surface area contributed by atoms with Crippen LogP contribution in [0.4, 0.5) is 5.69 Å². The first-order valence-electron chi connectivity index (χ1n) is 8.54. The van der Waals surface area contributed by atoms with Crippen molar-refractivity contribution < 1.29 is 14.3 Å².